The van der Waals surface area contributed by atoms with Gasteiger partial charge in [-0.1, -0.05) is 12.1 Å². The molecule has 1 N–H and O–H groups in total. The van der Waals surface area contributed by atoms with E-state index in [9.17, 15) is 10.1 Å². The minimum absolute atomic E-state index is 0.0503. The Balaban J connectivity index is 1.94. The Bertz CT molecular complexity index is 1080. The number of aromatic nitrogens is 2. The van der Waals surface area contributed by atoms with Gasteiger partial charge in [0.15, 0.2) is 0 Å². The molecule has 25 heavy (non-hydrogen) atoms. The van der Waals surface area contributed by atoms with E-state index in [2.05, 4.69) is 16.4 Å². The van der Waals surface area contributed by atoms with Gasteiger partial charge in [0.05, 0.1) is 17.5 Å². The number of rotatable bonds is 3. The zero-order valence-corrected chi connectivity index (χ0v) is 13.4. The molecule has 3 rings (SSSR count). The summed E-state index contributed by atoms with van der Waals surface area (Å²) in [6.45, 7) is 1.92. The van der Waals surface area contributed by atoms with Crippen LogP contribution in [0.5, 0.6) is 0 Å². The first kappa shape index (κ1) is 16.0. The number of anilines is 1. The normalized spacial score (nSPS) is 10.9. The largest absolute Gasteiger partial charge is 0.321 e. The molecule has 0 unspecified atom stereocenters. The van der Waals surface area contributed by atoms with Crippen LogP contribution in [-0.2, 0) is 4.79 Å². The Labute approximate surface area is 144 Å². The molecule has 6 nitrogen and oxygen atoms in total. The molecule has 2 heterocycles. The highest BCUT2D eigenvalue weighted by Gasteiger charge is 2.11. The first-order chi connectivity index (χ1) is 12.1. The molecular weight excluding hydrogens is 314 g/mol. The van der Waals surface area contributed by atoms with Gasteiger partial charge in [-0.25, -0.2) is 4.98 Å². The smallest absolute Gasteiger partial charge is 0.266 e. The lowest BCUT2D eigenvalue weighted by atomic mass is 10.2. The number of benzene rings is 1. The molecule has 0 bridgehead atoms. The molecule has 0 spiro atoms. The van der Waals surface area contributed by atoms with Crippen LogP contribution in [0.3, 0.4) is 0 Å². The van der Waals surface area contributed by atoms with Crippen molar-refractivity contribution in [2.75, 3.05) is 5.32 Å². The maximum atomic E-state index is 12.4. The van der Waals surface area contributed by atoms with Crippen LogP contribution in [0.2, 0.25) is 0 Å². The average molecular weight is 327 g/mol. The number of hydrogen-bond donors (Lipinski definition) is 1. The van der Waals surface area contributed by atoms with Gasteiger partial charge in [0, 0.05) is 11.9 Å². The predicted octanol–water partition coefficient (Wildman–Crippen LogP) is 3.06. The van der Waals surface area contributed by atoms with Crippen molar-refractivity contribution in [2.45, 2.75) is 6.92 Å². The van der Waals surface area contributed by atoms with Gasteiger partial charge in [-0.3, -0.25) is 9.20 Å². The second-order valence-electron chi connectivity index (χ2n) is 5.43. The fourth-order valence-electron chi connectivity index (χ4n) is 2.39. The highest BCUT2D eigenvalue weighted by atomic mass is 16.1. The van der Waals surface area contributed by atoms with Gasteiger partial charge >= 0.3 is 0 Å². The van der Waals surface area contributed by atoms with Gasteiger partial charge in [-0.15, -0.1) is 0 Å². The van der Waals surface area contributed by atoms with Crippen LogP contribution in [0.1, 0.15) is 16.8 Å². The second kappa shape index (κ2) is 6.69. The summed E-state index contributed by atoms with van der Waals surface area (Å²) >= 11 is 0. The molecule has 0 saturated carbocycles. The molecule has 6 heteroatoms. The van der Waals surface area contributed by atoms with E-state index in [1.54, 1.807) is 35.0 Å². The molecule has 1 amide bonds. The molecule has 0 saturated heterocycles. The van der Waals surface area contributed by atoms with Crippen LogP contribution in [0.15, 0.2) is 54.4 Å². The average Bonchev–Trinajstić information content (AvgIpc) is 3.01. The minimum atomic E-state index is -0.500. The SMILES string of the molecule is Cc1cccc(NC(=O)C(C#N)=Cc2cnc3ccc(C#N)cn23)c1. The van der Waals surface area contributed by atoms with Crippen LogP contribution in [0.4, 0.5) is 5.69 Å². The molecule has 0 fully saturated rings. The van der Waals surface area contributed by atoms with Crippen molar-refractivity contribution in [2.24, 2.45) is 0 Å². The van der Waals surface area contributed by atoms with Gasteiger partial charge in [-0.05, 0) is 42.8 Å². The first-order valence-electron chi connectivity index (χ1n) is 7.48. The summed E-state index contributed by atoms with van der Waals surface area (Å²) in [5, 5.41) is 21.1. The Morgan fingerprint density at radius 3 is 2.84 bits per heavy atom. The van der Waals surface area contributed by atoms with E-state index < -0.39 is 5.91 Å². The summed E-state index contributed by atoms with van der Waals surface area (Å²) in [4.78, 5) is 16.6. The Morgan fingerprint density at radius 1 is 1.28 bits per heavy atom. The number of hydrogen-bond acceptors (Lipinski definition) is 4. The van der Waals surface area contributed by atoms with Crippen molar-refractivity contribution in [3.8, 4) is 12.1 Å². The molecule has 2 aromatic heterocycles. The highest BCUT2D eigenvalue weighted by Crippen LogP contribution is 2.15. The van der Waals surface area contributed by atoms with Gasteiger partial charge in [0.25, 0.3) is 5.91 Å². The summed E-state index contributed by atoms with van der Waals surface area (Å²) in [5.41, 5.74) is 3.21. The number of carbonyl (C=O) groups excluding carboxylic acids is 1. The Kier molecular flexibility index (Phi) is 4.28. The summed E-state index contributed by atoms with van der Waals surface area (Å²) in [6.07, 6.45) is 4.61. The zero-order valence-electron chi connectivity index (χ0n) is 13.4. The van der Waals surface area contributed by atoms with Crippen LogP contribution in [0.25, 0.3) is 11.7 Å². The molecule has 120 valence electrons. The van der Waals surface area contributed by atoms with Gasteiger partial charge in [0.2, 0.25) is 0 Å². The molecule has 0 atom stereocenters. The van der Waals surface area contributed by atoms with Crippen LogP contribution in [-0.4, -0.2) is 15.3 Å². The van der Waals surface area contributed by atoms with Crippen LogP contribution in [0, 0.1) is 29.6 Å². The number of amides is 1. The number of nitrogens with one attached hydrogen (secondary N) is 1. The summed E-state index contributed by atoms with van der Waals surface area (Å²) in [6, 6.07) is 14.6. The summed E-state index contributed by atoms with van der Waals surface area (Å²) in [5.74, 6) is -0.500. The Hall–Kier alpha value is -3.90. The zero-order chi connectivity index (χ0) is 17.8. The summed E-state index contributed by atoms with van der Waals surface area (Å²) in [7, 11) is 0. The fraction of sp³-hybridized carbons (Fsp3) is 0.0526. The third-order valence-corrected chi connectivity index (χ3v) is 3.60. The monoisotopic (exact) mass is 327 g/mol. The molecule has 0 aliphatic carbocycles. The van der Waals surface area contributed by atoms with Crippen molar-refractivity contribution < 1.29 is 4.79 Å². The molecular formula is C19H13N5O. The van der Waals surface area contributed by atoms with Crippen molar-refractivity contribution >= 4 is 23.3 Å². The number of fused-ring (bicyclic) bond motifs is 1. The van der Waals surface area contributed by atoms with E-state index in [-0.39, 0.29) is 5.57 Å². The molecule has 0 radical (unpaired) electrons. The van der Waals surface area contributed by atoms with E-state index in [0.717, 1.165) is 5.56 Å². The molecule has 3 aromatic rings. The minimum Gasteiger partial charge on any atom is -0.321 e. The fourth-order valence-corrected chi connectivity index (χ4v) is 2.39. The second-order valence-corrected chi connectivity index (χ2v) is 5.43. The number of nitrogens with zero attached hydrogens (tertiary/aromatic N) is 4. The maximum absolute atomic E-state index is 12.4. The Morgan fingerprint density at radius 2 is 2.12 bits per heavy atom. The van der Waals surface area contributed by atoms with Gasteiger partial charge in [0.1, 0.15) is 23.4 Å². The quantitative estimate of drug-likeness (QED) is 0.591. The molecule has 1 aromatic carbocycles. The van der Waals surface area contributed by atoms with E-state index in [1.807, 2.05) is 31.2 Å². The van der Waals surface area contributed by atoms with Crippen molar-refractivity contribution in [3.05, 3.63) is 71.2 Å². The van der Waals surface area contributed by atoms with E-state index >= 15 is 0 Å². The van der Waals surface area contributed by atoms with Gasteiger partial charge in [-0.2, -0.15) is 10.5 Å². The van der Waals surface area contributed by atoms with Crippen molar-refractivity contribution in [3.63, 3.8) is 0 Å². The first-order valence-corrected chi connectivity index (χ1v) is 7.48. The third kappa shape index (κ3) is 3.39. The van der Waals surface area contributed by atoms with E-state index in [4.69, 9.17) is 5.26 Å². The molecule has 0 aliphatic heterocycles. The topological polar surface area (TPSA) is 94.0 Å². The van der Waals surface area contributed by atoms with E-state index in [1.165, 1.54) is 6.08 Å². The van der Waals surface area contributed by atoms with Crippen LogP contribution < -0.4 is 5.32 Å². The van der Waals surface area contributed by atoms with Crippen LogP contribution >= 0.6 is 0 Å². The van der Waals surface area contributed by atoms with Crippen molar-refractivity contribution in [1.82, 2.24) is 9.38 Å². The number of carbonyl (C=O) groups is 1. The lowest BCUT2D eigenvalue weighted by molar-refractivity contribution is -0.112. The molecule has 0 aliphatic rings. The number of nitriles is 2. The highest BCUT2D eigenvalue weighted by molar-refractivity contribution is 6.09. The maximum Gasteiger partial charge on any atom is 0.266 e. The van der Waals surface area contributed by atoms with Gasteiger partial charge < -0.3 is 5.32 Å². The standard InChI is InChI=1S/C19H13N5O/c1-13-3-2-4-16(7-13)23-19(25)15(10-21)8-17-11-22-18-6-5-14(9-20)12-24(17)18/h2-8,11-12H,1H3,(H,23,25). The lowest BCUT2D eigenvalue weighted by Gasteiger charge is -2.05. The predicted molar refractivity (Wildman–Crippen MR) is 93.3 cm³/mol. The number of imidazole rings is 1. The number of aryl methyl sites for hydroxylation is 1. The third-order valence-electron chi connectivity index (χ3n) is 3.60. The summed E-state index contributed by atoms with van der Waals surface area (Å²) < 4.78 is 1.66. The number of pyridine rings is 1. The lowest BCUT2D eigenvalue weighted by Crippen LogP contribution is -2.13. The van der Waals surface area contributed by atoms with Crippen molar-refractivity contribution in [1.29, 1.82) is 10.5 Å². The van der Waals surface area contributed by atoms with E-state index in [0.29, 0.717) is 22.6 Å².